The molecule has 0 saturated carbocycles. The minimum absolute atomic E-state index is 0.635. The van der Waals surface area contributed by atoms with Crippen molar-refractivity contribution >= 4 is 31.9 Å². The Balaban J connectivity index is 2.05. The van der Waals surface area contributed by atoms with Crippen molar-refractivity contribution in [3.63, 3.8) is 0 Å². The summed E-state index contributed by atoms with van der Waals surface area (Å²) in [5.41, 5.74) is 0.428. The number of aliphatic hydroxyl groups is 2. The van der Waals surface area contributed by atoms with E-state index in [1.54, 1.807) is 12.1 Å². The van der Waals surface area contributed by atoms with Crippen LogP contribution in [0.3, 0.4) is 0 Å². The fourth-order valence-corrected chi connectivity index (χ4v) is 3.11. The molecular formula is C22H16Br2O2. The average molecular weight is 472 g/mol. The van der Waals surface area contributed by atoms with Crippen molar-refractivity contribution < 1.29 is 10.2 Å². The first-order valence-corrected chi connectivity index (χ1v) is 9.58. The summed E-state index contributed by atoms with van der Waals surface area (Å²) in [4.78, 5) is 0. The lowest BCUT2D eigenvalue weighted by molar-refractivity contribution is 0.144. The monoisotopic (exact) mass is 470 g/mol. The van der Waals surface area contributed by atoms with Gasteiger partial charge in [0, 0.05) is 20.1 Å². The summed E-state index contributed by atoms with van der Waals surface area (Å²) in [6.45, 7) is 0. The van der Waals surface area contributed by atoms with Gasteiger partial charge in [0.05, 0.1) is 0 Å². The van der Waals surface area contributed by atoms with E-state index in [1.165, 1.54) is 0 Å². The first-order valence-electron chi connectivity index (χ1n) is 7.99. The highest BCUT2D eigenvalue weighted by Gasteiger charge is 2.29. The van der Waals surface area contributed by atoms with E-state index in [1.807, 2.05) is 66.7 Å². The maximum absolute atomic E-state index is 11.4. The average Bonchev–Trinajstić information content (AvgIpc) is 2.67. The minimum Gasteiger partial charge on any atom is -0.376 e. The first kappa shape index (κ1) is 18.9. The molecular weight excluding hydrogens is 456 g/mol. The predicted molar refractivity (Wildman–Crippen MR) is 110 cm³/mol. The van der Waals surface area contributed by atoms with E-state index in [0.29, 0.717) is 16.7 Å². The molecule has 1 atom stereocenters. The van der Waals surface area contributed by atoms with E-state index in [2.05, 4.69) is 43.7 Å². The van der Waals surface area contributed by atoms with Gasteiger partial charge >= 0.3 is 0 Å². The van der Waals surface area contributed by atoms with Crippen molar-refractivity contribution in [1.82, 2.24) is 0 Å². The largest absolute Gasteiger partial charge is 0.376 e. The van der Waals surface area contributed by atoms with Crippen molar-refractivity contribution in [2.45, 2.75) is 11.7 Å². The summed E-state index contributed by atoms with van der Waals surface area (Å²) < 4.78 is 1.83. The number of rotatable bonds is 3. The Morgan fingerprint density at radius 2 is 1.19 bits per heavy atom. The molecule has 4 heteroatoms. The van der Waals surface area contributed by atoms with Gasteiger partial charge in [-0.2, -0.15) is 0 Å². The molecule has 0 aliphatic rings. The van der Waals surface area contributed by atoms with Crippen LogP contribution in [0.15, 0.2) is 87.8 Å². The van der Waals surface area contributed by atoms with Gasteiger partial charge in [0.25, 0.3) is 0 Å². The molecule has 0 aliphatic carbocycles. The smallest absolute Gasteiger partial charge is 0.176 e. The van der Waals surface area contributed by atoms with Gasteiger partial charge < -0.3 is 10.2 Å². The van der Waals surface area contributed by atoms with Crippen molar-refractivity contribution in [2.24, 2.45) is 0 Å². The Hall–Kier alpha value is -1.90. The molecule has 0 saturated heterocycles. The van der Waals surface area contributed by atoms with Crippen molar-refractivity contribution in [1.29, 1.82) is 0 Å². The third kappa shape index (κ3) is 4.25. The fourth-order valence-electron chi connectivity index (χ4n) is 2.58. The van der Waals surface area contributed by atoms with Gasteiger partial charge in [-0.15, -0.1) is 0 Å². The zero-order valence-electron chi connectivity index (χ0n) is 13.7. The van der Waals surface area contributed by atoms with E-state index in [0.717, 1.165) is 8.95 Å². The van der Waals surface area contributed by atoms with Crippen LogP contribution < -0.4 is 0 Å². The van der Waals surface area contributed by atoms with Crippen LogP contribution in [0, 0.1) is 11.8 Å². The molecule has 0 aliphatic heterocycles. The van der Waals surface area contributed by atoms with Crippen LogP contribution in [0.25, 0.3) is 0 Å². The van der Waals surface area contributed by atoms with E-state index < -0.39 is 11.7 Å². The zero-order chi connectivity index (χ0) is 18.6. The normalized spacial score (nSPS) is 12.2. The second-order valence-electron chi connectivity index (χ2n) is 5.81. The number of halogens is 2. The molecule has 2 N–H and O–H groups in total. The van der Waals surface area contributed by atoms with Crippen LogP contribution in [0.4, 0.5) is 0 Å². The van der Waals surface area contributed by atoms with E-state index in [9.17, 15) is 10.2 Å². The molecule has 3 aromatic carbocycles. The number of hydrogen-bond acceptors (Lipinski definition) is 2. The summed E-state index contributed by atoms with van der Waals surface area (Å²) in [6.07, 6.45) is -0.978. The Bertz CT molecular complexity index is 878. The van der Waals surface area contributed by atoms with E-state index in [4.69, 9.17) is 0 Å². The van der Waals surface area contributed by atoms with E-state index >= 15 is 0 Å². The SMILES string of the molecule is OC(C#CC(O)(c1ccc(Br)cc1)c1ccc(Br)cc1)c1ccccc1. The lowest BCUT2D eigenvalue weighted by Gasteiger charge is -2.24. The molecule has 1 unspecified atom stereocenters. The van der Waals surface area contributed by atoms with Crippen molar-refractivity contribution in [2.75, 3.05) is 0 Å². The van der Waals surface area contributed by atoms with Gasteiger partial charge in [0.15, 0.2) is 5.60 Å². The molecule has 0 spiro atoms. The van der Waals surface area contributed by atoms with Crippen molar-refractivity contribution in [3.8, 4) is 11.8 Å². The highest BCUT2D eigenvalue weighted by molar-refractivity contribution is 9.10. The Morgan fingerprint density at radius 1 is 0.731 bits per heavy atom. The van der Waals surface area contributed by atoms with Crippen LogP contribution in [-0.4, -0.2) is 10.2 Å². The molecule has 26 heavy (non-hydrogen) atoms. The highest BCUT2D eigenvalue weighted by atomic mass is 79.9. The van der Waals surface area contributed by atoms with Gasteiger partial charge in [-0.25, -0.2) is 0 Å². The molecule has 130 valence electrons. The second-order valence-corrected chi connectivity index (χ2v) is 7.64. The molecule has 3 rings (SSSR count). The second kappa shape index (κ2) is 8.20. The van der Waals surface area contributed by atoms with Crippen molar-refractivity contribution in [3.05, 3.63) is 104 Å². The summed E-state index contributed by atoms with van der Waals surface area (Å²) in [7, 11) is 0. The first-order chi connectivity index (χ1) is 12.5. The Morgan fingerprint density at radius 3 is 1.65 bits per heavy atom. The lowest BCUT2D eigenvalue weighted by atomic mass is 9.86. The topological polar surface area (TPSA) is 40.5 Å². The molecule has 3 aromatic rings. The standard InChI is InChI=1S/C22H16Br2O2/c23-19-10-6-17(7-11-19)22(26,18-8-12-20(24)13-9-18)15-14-21(25)16-4-2-1-3-5-16/h1-13,21,25-26H. The van der Waals surface area contributed by atoms with Gasteiger partial charge in [-0.05, 0) is 29.8 Å². The van der Waals surface area contributed by atoms with Crippen LogP contribution >= 0.6 is 31.9 Å². The number of hydrogen-bond donors (Lipinski definition) is 2. The summed E-state index contributed by atoms with van der Waals surface area (Å²) in [5, 5.41) is 21.8. The molecule has 2 nitrogen and oxygen atoms in total. The predicted octanol–water partition coefficient (Wildman–Crippen LogP) is 5.18. The highest BCUT2D eigenvalue weighted by Crippen LogP contribution is 2.31. The fraction of sp³-hybridized carbons (Fsp3) is 0.0909. The summed E-state index contributed by atoms with van der Waals surface area (Å²) in [6, 6.07) is 23.9. The third-order valence-electron chi connectivity index (χ3n) is 4.03. The lowest BCUT2D eigenvalue weighted by Crippen LogP contribution is -2.25. The molecule has 0 bridgehead atoms. The maximum Gasteiger partial charge on any atom is 0.176 e. The van der Waals surface area contributed by atoms with Gasteiger partial charge in [-0.3, -0.25) is 0 Å². The Kier molecular flexibility index (Phi) is 5.95. The van der Waals surface area contributed by atoms with Crippen LogP contribution in [0.2, 0.25) is 0 Å². The molecule has 0 heterocycles. The van der Waals surface area contributed by atoms with Gasteiger partial charge in [-0.1, -0.05) is 98.3 Å². The van der Waals surface area contributed by atoms with E-state index in [-0.39, 0.29) is 0 Å². The zero-order valence-corrected chi connectivity index (χ0v) is 16.9. The van der Waals surface area contributed by atoms with Gasteiger partial charge in [0.1, 0.15) is 6.10 Å². The van der Waals surface area contributed by atoms with Crippen LogP contribution in [-0.2, 0) is 5.60 Å². The number of aliphatic hydroxyl groups excluding tert-OH is 1. The Labute approximate surface area is 169 Å². The molecule has 0 aromatic heterocycles. The third-order valence-corrected chi connectivity index (χ3v) is 5.09. The van der Waals surface area contributed by atoms with Crippen LogP contribution in [0.1, 0.15) is 22.8 Å². The summed E-state index contributed by atoms with van der Waals surface area (Å²) in [5.74, 6) is 5.69. The van der Waals surface area contributed by atoms with Crippen LogP contribution in [0.5, 0.6) is 0 Å². The summed E-state index contributed by atoms with van der Waals surface area (Å²) >= 11 is 6.81. The molecule has 0 radical (unpaired) electrons. The molecule has 0 fully saturated rings. The maximum atomic E-state index is 11.4. The van der Waals surface area contributed by atoms with Gasteiger partial charge in [0.2, 0.25) is 0 Å². The number of benzene rings is 3. The minimum atomic E-state index is -1.53. The molecule has 0 amide bonds. The quantitative estimate of drug-likeness (QED) is 0.516.